The number of carbonyl (C=O) groups excluding carboxylic acids is 3. The standard InChI is InChI=1S/C20H19N3O6S/c24-18(17-15-6-1-2-7-16(15)22-19(17)25)20(26)21-13-4-3-5-14(12-13)30(27,28)23-8-10-29-11-9-23/h1-7,12,17H,8-11H2,(H,21,26)(H,22,25). The fourth-order valence-electron chi connectivity index (χ4n) is 3.46. The second-order valence-electron chi connectivity index (χ2n) is 6.87. The molecular weight excluding hydrogens is 410 g/mol. The van der Waals surface area contributed by atoms with Gasteiger partial charge in [0.15, 0.2) is 0 Å². The third-order valence-electron chi connectivity index (χ3n) is 4.98. The molecule has 2 heterocycles. The van der Waals surface area contributed by atoms with Crippen LogP contribution in [0.5, 0.6) is 0 Å². The van der Waals surface area contributed by atoms with Crippen molar-refractivity contribution in [3.05, 3.63) is 54.1 Å². The van der Waals surface area contributed by atoms with Crippen molar-refractivity contribution in [2.24, 2.45) is 0 Å². The van der Waals surface area contributed by atoms with Gasteiger partial charge in [0.05, 0.1) is 18.1 Å². The van der Waals surface area contributed by atoms with Crippen molar-refractivity contribution in [1.82, 2.24) is 4.31 Å². The molecule has 1 atom stereocenters. The normalized spacial score (nSPS) is 19.1. The quantitative estimate of drug-likeness (QED) is 0.539. The molecule has 2 N–H and O–H groups in total. The maximum absolute atomic E-state index is 12.8. The number of para-hydroxylation sites is 1. The van der Waals surface area contributed by atoms with Gasteiger partial charge < -0.3 is 15.4 Å². The Labute approximate surface area is 173 Å². The van der Waals surface area contributed by atoms with Crippen LogP contribution < -0.4 is 10.6 Å². The van der Waals surface area contributed by atoms with Crippen LogP contribution in [0.25, 0.3) is 0 Å². The zero-order valence-electron chi connectivity index (χ0n) is 15.8. The van der Waals surface area contributed by atoms with Gasteiger partial charge in [-0.15, -0.1) is 0 Å². The van der Waals surface area contributed by atoms with Crippen molar-refractivity contribution in [2.45, 2.75) is 10.8 Å². The summed E-state index contributed by atoms with van der Waals surface area (Å²) in [6.07, 6.45) is 0. The Morgan fingerprint density at radius 1 is 1.07 bits per heavy atom. The molecule has 1 unspecified atom stereocenters. The molecule has 0 bridgehead atoms. The molecular formula is C20H19N3O6S. The maximum atomic E-state index is 12.8. The van der Waals surface area contributed by atoms with Crippen molar-refractivity contribution in [3.8, 4) is 0 Å². The van der Waals surface area contributed by atoms with Crippen molar-refractivity contribution in [2.75, 3.05) is 36.9 Å². The van der Waals surface area contributed by atoms with Crippen molar-refractivity contribution < 1.29 is 27.5 Å². The second kappa shape index (κ2) is 7.98. The van der Waals surface area contributed by atoms with Gasteiger partial charge >= 0.3 is 0 Å². The molecule has 10 heteroatoms. The van der Waals surface area contributed by atoms with Gasteiger partial charge in [-0.2, -0.15) is 4.31 Å². The molecule has 2 amide bonds. The molecule has 0 saturated carbocycles. The number of hydrogen-bond acceptors (Lipinski definition) is 6. The molecule has 0 aromatic heterocycles. The van der Waals surface area contributed by atoms with E-state index in [4.69, 9.17) is 4.74 Å². The number of benzene rings is 2. The molecule has 1 fully saturated rings. The first-order chi connectivity index (χ1) is 14.4. The first-order valence-electron chi connectivity index (χ1n) is 9.31. The van der Waals surface area contributed by atoms with Gasteiger partial charge in [-0.25, -0.2) is 8.42 Å². The Hall–Kier alpha value is -3.08. The Morgan fingerprint density at radius 3 is 2.57 bits per heavy atom. The molecule has 0 radical (unpaired) electrons. The van der Waals surface area contributed by atoms with Gasteiger partial charge in [-0.3, -0.25) is 14.4 Å². The molecule has 2 aliphatic heterocycles. The maximum Gasteiger partial charge on any atom is 0.292 e. The van der Waals surface area contributed by atoms with Crippen molar-refractivity contribution >= 4 is 39.0 Å². The SMILES string of the molecule is O=C(Nc1cccc(S(=O)(=O)N2CCOCC2)c1)C(=O)C1C(=O)Nc2ccccc21. The minimum Gasteiger partial charge on any atom is -0.379 e. The molecule has 2 aromatic rings. The first-order valence-corrected chi connectivity index (χ1v) is 10.7. The van der Waals surface area contributed by atoms with Crippen molar-refractivity contribution in [1.29, 1.82) is 0 Å². The number of Topliss-reactive ketones (excluding diaryl/α,β-unsaturated/α-hetero) is 1. The van der Waals surface area contributed by atoms with E-state index in [-0.39, 0.29) is 23.7 Å². The average molecular weight is 429 g/mol. The lowest BCUT2D eigenvalue weighted by atomic mass is 9.95. The number of rotatable bonds is 5. The number of carbonyl (C=O) groups is 3. The summed E-state index contributed by atoms with van der Waals surface area (Å²) in [6.45, 7) is 1.12. The van der Waals surface area contributed by atoms with Crippen LogP contribution in [-0.2, 0) is 29.1 Å². The van der Waals surface area contributed by atoms with Gasteiger partial charge in [0.25, 0.3) is 5.91 Å². The number of nitrogens with one attached hydrogen (secondary N) is 2. The number of morpholine rings is 1. The third kappa shape index (κ3) is 3.72. The largest absolute Gasteiger partial charge is 0.379 e. The van der Waals surface area contributed by atoms with E-state index in [9.17, 15) is 22.8 Å². The number of hydrogen-bond donors (Lipinski definition) is 2. The summed E-state index contributed by atoms with van der Waals surface area (Å²) >= 11 is 0. The smallest absolute Gasteiger partial charge is 0.292 e. The highest BCUT2D eigenvalue weighted by atomic mass is 32.2. The fourth-order valence-corrected chi connectivity index (χ4v) is 4.92. The highest BCUT2D eigenvalue weighted by Gasteiger charge is 2.39. The number of fused-ring (bicyclic) bond motifs is 1. The third-order valence-corrected chi connectivity index (χ3v) is 6.87. The predicted molar refractivity (Wildman–Crippen MR) is 107 cm³/mol. The summed E-state index contributed by atoms with van der Waals surface area (Å²) in [6, 6.07) is 12.3. The molecule has 1 saturated heterocycles. The summed E-state index contributed by atoms with van der Waals surface area (Å²) in [5.74, 6) is -3.71. The zero-order valence-corrected chi connectivity index (χ0v) is 16.6. The highest BCUT2D eigenvalue weighted by Crippen LogP contribution is 2.33. The van der Waals surface area contributed by atoms with Crippen molar-refractivity contribution in [3.63, 3.8) is 0 Å². The minimum absolute atomic E-state index is 0.00129. The van der Waals surface area contributed by atoms with E-state index < -0.39 is 33.5 Å². The number of sulfonamides is 1. The van der Waals surface area contributed by atoms with Crippen LogP contribution in [0.15, 0.2) is 53.4 Å². The first kappa shape index (κ1) is 20.2. The van der Waals surface area contributed by atoms with E-state index in [1.807, 2.05) is 0 Å². The molecule has 4 rings (SSSR count). The summed E-state index contributed by atoms with van der Waals surface area (Å²) in [5.41, 5.74) is 1.08. The van der Waals surface area contributed by atoms with Crippen LogP contribution >= 0.6 is 0 Å². The van der Waals surface area contributed by atoms with E-state index in [2.05, 4.69) is 10.6 Å². The molecule has 30 heavy (non-hydrogen) atoms. The van der Waals surface area contributed by atoms with Crippen LogP contribution in [0.2, 0.25) is 0 Å². The van der Waals surface area contributed by atoms with Gasteiger partial charge in [0.2, 0.25) is 21.7 Å². The van der Waals surface area contributed by atoms with Gasteiger partial charge in [-0.1, -0.05) is 24.3 Å². The summed E-state index contributed by atoms with van der Waals surface area (Å²) in [5, 5.41) is 4.99. The van der Waals surface area contributed by atoms with Crippen LogP contribution in [0, 0.1) is 0 Å². The van der Waals surface area contributed by atoms with E-state index in [1.54, 1.807) is 24.3 Å². The Balaban J connectivity index is 1.52. The lowest BCUT2D eigenvalue weighted by molar-refractivity contribution is -0.138. The molecule has 156 valence electrons. The van der Waals surface area contributed by atoms with E-state index in [0.29, 0.717) is 24.5 Å². The summed E-state index contributed by atoms with van der Waals surface area (Å²) < 4.78 is 32.1. The molecule has 0 spiro atoms. The number of amides is 2. The lowest BCUT2D eigenvalue weighted by Gasteiger charge is -2.26. The minimum atomic E-state index is -3.75. The highest BCUT2D eigenvalue weighted by molar-refractivity contribution is 7.89. The predicted octanol–water partition coefficient (Wildman–Crippen LogP) is 0.951. The number of nitrogens with zero attached hydrogens (tertiary/aromatic N) is 1. The number of ketones is 1. The molecule has 0 aliphatic carbocycles. The van der Waals surface area contributed by atoms with Gasteiger partial charge in [-0.05, 0) is 29.8 Å². The Bertz CT molecular complexity index is 1120. The van der Waals surface area contributed by atoms with E-state index in [0.717, 1.165) is 0 Å². The zero-order chi connectivity index (χ0) is 21.3. The van der Waals surface area contributed by atoms with Crippen LogP contribution in [0.1, 0.15) is 11.5 Å². The van der Waals surface area contributed by atoms with Crippen LogP contribution in [0.3, 0.4) is 0 Å². The summed E-state index contributed by atoms with van der Waals surface area (Å²) in [4.78, 5) is 37.3. The Morgan fingerprint density at radius 2 is 1.80 bits per heavy atom. The second-order valence-corrected chi connectivity index (χ2v) is 8.81. The molecule has 2 aliphatic rings. The molecule has 9 nitrogen and oxygen atoms in total. The average Bonchev–Trinajstić information content (AvgIpc) is 3.09. The molecule has 2 aromatic carbocycles. The van der Waals surface area contributed by atoms with Gasteiger partial charge in [0.1, 0.15) is 5.92 Å². The Kier molecular flexibility index (Phi) is 5.37. The van der Waals surface area contributed by atoms with E-state index in [1.165, 1.54) is 28.6 Å². The monoisotopic (exact) mass is 429 g/mol. The topological polar surface area (TPSA) is 122 Å². The lowest BCUT2D eigenvalue weighted by Crippen LogP contribution is -2.40. The van der Waals surface area contributed by atoms with Crippen LogP contribution in [0.4, 0.5) is 11.4 Å². The van der Waals surface area contributed by atoms with Gasteiger partial charge in [0, 0.05) is 24.5 Å². The fraction of sp³-hybridized carbons (Fsp3) is 0.250. The summed E-state index contributed by atoms with van der Waals surface area (Å²) in [7, 11) is -3.75. The number of ether oxygens (including phenoxy) is 1. The number of anilines is 2. The van der Waals surface area contributed by atoms with Crippen LogP contribution in [-0.4, -0.2) is 56.6 Å². The van der Waals surface area contributed by atoms with E-state index >= 15 is 0 Å².